The molecule has 3 atom stereocenters. The van der Waals surface area contributed by atoms with Crippen molar-refractivity contribution in [3.8, 4) is 0 Å². The summed E-state index contributed by atoms with van der Waals surface area (Å²) in [6, 6.07) is -0.693. The highest BCUT2D eigenvalue weighted by Crippen LogP contribution is 2.18. The first-order valence-corrected chi connectivity index (χ1v) is 23.9. The SMILES string of the molecule is CCCCCC/C=C\CCCCCCCCCC(=O)OC(CCCCCCCCCCC)CC(=O)NC(CO)C(O)CCCCCCCCCCCCC. The van der Waals surface area contributed by atoms with Gasteiger partial charge in [0.1, 0.15) is 6.10 Å². The molecular weight excluding hydrogens is 671 g/mol. The van der Waals surface area contributed by atoms with Crippen molar-refractivity contribution < 1.29 is 24.5 Å². The van der Waals surface area contributed by atoms with E-state index in [0.29, 0.717) is 19.3 Å². The van der Waals surface area contributed by atoms with Crippen LogP contribution in [0.3, 0.4) is 0 Å². The normalized spacial score (nSPS) is 13.4. The Morgan fingerprint density at radius 2 is 0.889 bits per heavy atom. The molecule has 0 heterocycles. The number of carbonyl (C=O) groups is 2. The lowest BCUT2D eigenvalue weighted by Crippen LogP contribution is -2.46. The number of nitrogens with one attached hydrogen (secondary N) is 1. The first-order valence-electron chi connectivity index (χ1n) is 23.9. The Balaban J connectivity index is 4.48. The van der Waals surface area contributed by atoms with E-state index < -0.39 is 18.2 Å². The van der Waals surface area contributed by atoms with Crippen LogP contribution in [0.15, 0.2) is 12.2 Å². The van der Waals surface area contributed by atoms with Gasteiger partial charge < -0.3 is 20.3 Å². The number of unbranched alkanes of at least 4 members (excludes halogenated alkanes) is 29. The first-order chi connectivity index (χ1) is 26.5. The van der Waals surface area contributed by atoms with Crippen molar-refractivity contribution in [2.45, 2.75) is 277 Å². The van der Waals surface area contributed by atoms with E-state index in [1.807, 2.05) is 0 Å². The summed E-state index contributed by atoms with van der Waals surface area (Å²) in [5.74, 6) is -0.469. The lowest BCUT2D eigenvalue weighted by molar-refractivity contribution is -0.151. The van der Waals surface area contributed by atoms with Gasteiger partial charge in [0, 0.05) is 6.42 Å². The molecule has 6 heteroatoms. The number of esters is 1. The van der Waals surface area contributed by atoms with E-state index >= 15 is 0 Å². The van der Waals surface area contributed by atoms with E-state index in [1.54, 1.807) is 0 Å². The smallest absolute Gasteiger partial charge is 0.306 e. The molecule has 0 bridgehead atoms. The van der Waals surface area contributed by atoms with Crippen LogP contribution in [0, 0.1) is 0 Å². The maximum absolute atomic E-state index is 13.1. The second kappa shape index (κ2) is 42.7. The Morgan fingerprint density at radius 1 is 0.519 bits per heavy atom. The molecule has 0 spiro atoms. The Labute approximate surface area is 336 Å². The van der Waals surface area contributed by atoms with Crippen LogP contribution >= 0.6 is 0 Å². The van der Waals surface area contributed by atoms with E-state index in [4.69, 9.17) is 4.74 Å². The predicted octanol–water partition coefficient (Wildman–Crippen LogP) is 13.8. The van der Waals surface area contributed by atoms with Gasteiger partial charge in [-0.05, 0) is 51.4 Å². The summed E-state index contributed by atoms with van der Waals surface area (Å²) in [6.07, 6.45) is 45.5. The molecule has 0 aromatic heterocycles. The number of hydrogen-bond acceptors (Lipinski definition) is 5. The van der Waals surface area contributed by atoms with Crippen molar-refractivity contribution in [3.63, 3.8) is 0 Å². The fourth-order valence-electron chi connectivity index (χ4n) is 7.43. The molecule has 1 amide bonds. The Hall–Kier alpha value is -1.40. The monoisotopic (exact) mass is 764 g/mol. The van der Waals surface area contributed by atoms with Gasteiger partial charge in [-0.1, -0.05) is 206 Å². The van der Waals surface area contributed by atoms with Crippen LogP contribution in [0.1, 0.15) is 258 Å². The van der Waals surface area contributed by atoms with E-state index in [-0.39, 0.29) is 24.9 Å². The third-order valence-electron chi connectivity index (χ3n) is 11.1. The number of aliphatic hydroxyl groups excluding tert-OH is 2. The largest absolute Gasteiger partial charge is 0.462 e. The van der Waals surface area contributed by atoms with E-state index in [0.717, 1.165) is 44.9 Å². The van der Waals surface area contributed by atoms with Gasteiger partial charge in [-0.25, -0.2) is 0 Å². The molecule has 0 aliphatic carbocycles. The first kappa shape index (κ1) is 52.6. The second-order valence-corrected chi connectivity index (χ2v) is 16.5. The number of carbonyl (C=O) groups excluding carboxylic acids is 2. The average molecular weight is 764 g/mol. The van der Waals surface area contributed by atoms with Crippen LogP contribution in [-0.4, -0.2) is 46.9 Å². The zero-order chi connectivity index (χ0) is 39.6. The van der Waals surface area contributed by atoms with Gasteiger partial charge in [-0.3, -0.25) is 9.59 Å². The molecule has 6 nitrogen and oxygen atoms in total. The summed E-state index contributed by atoms with van der Waals surface area (Å²) >= 11 is 0. The van der Waals surface area contributed by atoms with Crippen LogP contribution in [-0.2, 0) is 14.3 Å². The molecule has 320 valence electrons. The summed E-state index contributed by atoms with van der Waals surface area (Å²) < 4.78 is 5.90. The van der Waals surface area contributed by atoms with Crippen LogP contribution in [0.2, 0.25) is 0 Å². The molecule has 0 aromatic carbocycles. The molecule has 0 aromatic rings. The second-order valence-electron chi connectivity index (χ2n) is 16.5. The van der Waals surface area contributed by atoms with Crippen LogP contribution in [0.4, 0.5) is 0 Å². The van der Waals surface area contributed by atoms with Gasteiger partial charge >= 0.3 is 5.97 Å². The predicted molar refractivity (Wildman–Crippen MR) is 232 cm³/mol. The summed E-state index contributed by atoms with van der Waals surface area (Å²) in [4.78, 5) is 26.0. The molecule has 0 aliphatic heterocycles. The molecule has 0 saturated heterocycles. The Bertz CT molecular complexity index is 817. The fourth-order valence-corrected chi connectivity index (χ4v) is 7.43. The Kier molecular flexibility index (Phi) is 41.6. The fraction of sp³-hybridized carbons (Fsp3) is 0.917. The van der Waals surface area contributed by atoms with Crippen molar-refractivity contribution in [2.75, 3.05) is 6.61 Å². The van der Waals surface area contributed by atoms with Crippen molar-refractivity contribution in [1.29, 1.82) is 0 Å². The number of amides is 1. The van der Waals surface area contributed by atoms with E-state index in [2.05, 4.69) is 38.2 Å². The van der Waals surface area contributed by atoms with Gasteiger partial charge in [0.25, 0.3) is 0 Å². The molecule has 3 N–H and O–H groups in total. The minimum atomic E-state index is -0.780. The minimum absolute atomic E-state index is 0.0818. The highest BCUT2D eigenvalue weighted by atomic mass is 16.5. The van der Waals surface area contributed by atoms with Crippen LogP contribution < -0.4 is 5.32 Å². The van der Waals surface area contributed by atoms with Crippen molar-refractivity contribution in [2.24, 2.45) is 0 Å². The number of rotatable bonds is 43. The molecule has 54 heavy (non-hydrogen) atoms. The highest BCUT2D eigenvalue weighted by Gasteiger charge is 2.24. The molecule has 0 rings (SSSR count). The highest BCUT2D eigenvalue weighted by molar-refractivity contribution is 5.77. The van der Waals surface area contributed by atoms with Gasteiger partial charge in [0.15, 0.2) is 0 Å². The van der Waals surface area contributed by atoms with Crippen molar-refractivity contribution >= 4 is 11.9 Å². The standard InChI is InChI=1S/C48H93NO5/c1-4-7-10-13-16-19-21-22-23-24-26-29-32-35-38-41-48(53)54-44(39-36-33-30-27-18-15-12-9-6-3)42-47(52)49-45(43-50)46(51)40-37-34-31-28-25-20-17-14-11-8-5-2/h19,21,44-46,50-51H,4-18,20,22-43H2,1-3H3,(H,49,52)/b21-19-. The summed E-state index contributed by atoms with van der Waals surface area (Å²) in [6.45, 7) is 6.45. The maximum atomic E-state index is 13.1. The number of ether oxygens (including phenoxy) is 1. The topological polar surface area (TPSA) is 95.9 Å². The lowest BCUT2D eigenvalue weighted by Gasteiger charge is -2.24. The number of hydrogen-bond donors (Lipinski definition) is 3. The molecule has 0 radical (unpaired) electrons. The zero-order valence-corrected chi connectivity index (χ0v) is 36.4. The zero-order valence-electron chi connectivity index (χ0n) is 36.4. The quantitative estimate of drug-likeness (QED) is 0.0326. The number of allylic oxidation sites excluding steroid dienone is 2. The van der Waals surface area contributed by atoms with Crippen molar-refractivity contribution in [1.82, 2.24) is 5.32 Å². The minimum Gasteiger partial charge on any atom is -0.462 e. The van der Waals surface area contributed by atoms with Crippen LogP contribution in [0.5, 0.6) is 0 Å². The summed E-state index contributed by atoms with van der Waals surface area (Å²) in [7, 11) is 0. The third-order valence-corrected chi connectivity index (χ3v) is 11.1. The maximum Gasteiger partial charge on any atom is 0.306 e. The summed E-state index contributed by atoms with van der Waals surface area (Å²) in [5.41, 5.74) is 0. The van der Waals surface area contributed by atoms with Gasteiger partial charge in [0.05, 0.1) is 25.2 Å². The molecular formula is C48H93NO5. The third kappa shape index (κ3) is 37.5. The molecule has 0 fully saturated rings. The van der Waals surface area contributed by atoms with Gasteiger partial charge in [-0.2, -0.15) is 0 Å². The molecule has 3 unspecified atom stereocenters. The van der Waals surface area contributed by atoms with Gasteiger partial charge in [0.2, 0.25) is 5.91 Å². The lowest BCUT2D eigenvalue weighted by atomic mass is 10.0. The average Bonchev–Trinajstić information content (AvgIpc) is 3.16. The Morgan fingerprint density at radius 3 is 1.33 bits per heavy atom. The van der Waals surface area contributed by atoms with Crippen LogP contribution in [0.25, 0.3) is 0 Å². The number of aliphatic hydroxyl groups is 2. The molecule has 0 saturated carbocycles. The van der Waals surface area contributed by atoms with E-state index in [9.17, 15) is 19.8 Å². The summed E-state index contributed by atoms with van der Waals surface area (Å²) in [5, 5.41) is 23.6. The van der Waals surface area contributed by atoms with Crippen molar-refractivity contribution in [3.05, 3.63) is 12.2 Å². The van der Waals surface area contributed by atoms with Gasteiger partial charge in [-0.15, -0.1) is 0 Å². The van der Waals surface area contributed by atoms with E-state index in [1.165, 1.54) is 167 Å². The molecule has 0 aliphatic rings.